The van der Waals surface area contributed by atoms with Crippen molar-refractivity contribution >= 4 is 55.0 Å². The van der Waals surface area contributed by atoms with Gasteiger partial charge in [-0.25, -0.2) is 13.4 Å². The Labute approximate surface area is 245 Å². The quantitative estimate of drug-likeness (QED) is 0.363. The van der Waals surface area contributed by atoms with E-state index in [1.165, 1.54) is 27.8 Å². The summed E-state index contributed by atoms with van der Waals surface area (Å²) in [6.45, 7) is 7.93. The van der Waals surface area contributed by atoms with Gasteiger partial charge in [-0.3, -0.25) is 14.6 Å². The van der Waals surface area contributed by atoms with Gasteiger partial charge in [-0.05, 0) is 49.2 Å². The number of carbonyl (C=O) groups is 1. The summed E-state index contributed by atoms with van der Waals surface area (Å²) in [6.07, 6.45) is 0.765. The normalized spacial score (nSPS) is 16.9. The van der Waals surface area contributed by atoms with Crippen molar-refractivity contribution in [3.63, 3.8) is 0 Å². The van der Waals surface area contributed by atoms with Gasteiger partial charge in [-0.15, -0.1) is 12.4 Å². The van der Waals surface area contributed by atoms with Crippen LogP contribution in [0.5, 0.6) is 5.75 Å². The zero-order valence-corrected chi connectivity index (χ0v) is 25.2. The lowest BCUT2D eigenvalue weighted by Gasteiger charge is -2.28. The van der Waals surface area contributed by atoms with E-state index in [-0.39, 0.29) is 23.2 Å². The molecule has 5 rings (SSSR count). The summed E-state index contributed by atoms with van der Waals surface area (Å²) in [7, 11) is -2.03. The Morgan fingerprint density at radius 2 is 1.68 bits per heavy atom. The number of thiazole rings is 1. The summed E-state index contributed by atoms with van der Waals surface area (Å²) in [5, 5.41) is 0.592. The zero-order valence-electron chi connectivity index (χ0n) is 22.7. The van der Waals surface area contributed by atoms with E-state index in [0.29, 0.717) is 49.3 Å². The number of aryl methyl sites for hydroxylation is 1. The molecule has 2 aliphatic heterocycles. The van der Waals surface area contributed by atoms with Crippen LogP contribution in [0.3, 0.4) is 0 Å². The predicted octanol–water partition coefficient (Wildman–Crippen LogP) is 3.43. The summed E-state index contributed by atoms with van der Waals surface area (Å²) in [4.78, 5) is 22.9. The number of carbonyl (C=O) groups excluding carboxylic acids is 1. The number of fused-ring (bicyclic) bond motifs is 1. The lowest BCUT2D eigenvalue weighted by molar-refractivity contribution is 0.0376. The number of rotatable bonds is 9. The Balaban J connectivity index is 0.00000370. The molecule has 0 bridgehead atoms. The molecule has 0 aliphatic carbocycles. The SMILES string of the molecule is COc1ccc(C)c2sc(N(CCCN3CCOCC3)C(=O)c3ccc(S(=O)(=O)N4CCOCC4)cc3)nc12.Cl. The van der Waals surface area contributed by atoms with Gasteiger partial charge in [-0.1, -0.05) is 17.4 Å². The highest BCUT2D eigenvalue weighted by molar-refractivity contribution is 7.89. The van der Waals surface area contributed by atoms with Crippen molar-refractivity contribution in [2.75, 3.05) is 77.7 Å². The van der Waals surface area contributed by atoms with Gasteiger partial charge in [0.2, 0.25) is 10.0 Å². The standard InChI is InChI=1S/C27H34N4O6S2.ClH/c1-20-4-9-23(35-2)24-25(20)38-27(28-24)31(11-3-10-29-12-16-36-17-13-29)26(32)21-5-7-22(8-6-21)39(33,34)30-14-18-37-19-15-30;/h4-9H,3,10-19H2,1-2H3;1H. The number of methoxy groups -OCH3 is 1. The number of aromatic nitrogens is 1. The topological polar surface area (TPSA) is 102 Å². The molecule has 1 amide bonds. The van der Waals surface area contributed by atoms with Crippen LogP contribution in [0, 0.1) is 6.92 Å². The van der Waals surface area contributed by atoms with Gasteiger partial charge in [0.15, 0.2) is 5.13 Å². The van der Waals surface area contributed by atoms with Crippen LogP contribution in [0.4, 0.5) is 5.13 Å². The molecular formula is C27H35ClN4O6S2. The Bertz CT molecular complexity index is 1400. The smallest absolute Gasteiger partial charge is 0.260 e. The predicted molar refractivity (Wildman–Crippen MR) is 158 cm³/mol. The van der Waals surface area contributed by atoms with E-state index in [1.807, 2.05) is 19.1 Å². The third-order valence-corrected chi connectivity index (χ3v) is 10.2. The van der Waals surface area contributed by atoms with Crippen molar-refractivity contribution in [2.45, 2.75) is 18.2 Å². The van der Waals surface area contributed by atoms with Gasteiger partial charge in [0, 0.05) is 44.8 Å². The van der Waals surface area contributed by atoms with E-state index >= 15 is 0 Å². The fraction of sp³-hybridized carbons (Fsp3) is 0.481. The number of halogens is 1. The van der Waals surface area contributed by atoms with Gasteiger partial charge in [-0.2, -0.15) is 4.31 Å². The number of amides is 1. The number of benzene rings is 2. The molecule has 0 spiro atoms. The molecule has 0 unspecified atom stereocenters. The second kappa shape index (κ2) is 13.6. The summed E-state index contributed by atoms with van der Waals surface area (Å²) in [5.41, 5.74) is 2.20. The molecule has 10 nitrogen and oxygen atoms in total. The molecule has 3 aromatic rings. The van der Waals surface area contributed by atoms with Crippen molar-refractivity contribution in [2.24, 2.45) is 0 Å². The third kappa shape index (κ3) is 6.59. The molecular weight excluding hydrogens is 576 g/mol. The summed E-state index contributed by atoms with van der Waals surface area (Å²) in [5.74, 6) is 0.444. The Morgan fingerprint density at radius 3 is 2.33 bits per heavy atom. The summed E-state index contributed by atoms with van der Waals surface area (Å²) in [6, 6.07) is 10.1. The molecule has 2 fully saturated rings. The zero-order chi connectivity index (χ0) is 27.4. The molecule has 0 saturated carbocycles. The highest BCUT2D eigenvalue weighted by atomic mass is 35.5. The minimum absolute atomic E-state index is 0. The maximum absolute atomic E-state index is 13.9. The van der Waals surface area contributed by atoms with E-state index in [2.05, 4.69) is 4.90 Å². The monoisotopic (exact) mass is 610 g/mol. The Hall–Kier alpha value is -2.32. The van der Waals surface area contributed by atoms with Crippen LogP contribution in [0.25, 0.3) is 10.2 Å². The molecule has 2 aliphatic rings. The molecule has 218 valence electrons. The summed E-state index contributed by atoms with van der Waals surface area (Å²) < 4.78 is 44.8. The van der Waals surface area contributed by atoms with Crippen LogP contribution < -0.4 is 9.64 Å². The lowest BCUT2D eigenvalue weighted by Crippen LogP contribution is -2.40. The van der Waals surface area contributed by atoms with Gasteiger partial charge in [0.1, 0.15) is 11.3 Å². The Kier molecular flexibility index (Phi) is 10.4. The van der Waals surface area contributed by atoms with Crippen molar-refractivity contribution < 1.29 is 27.4 Å². The Morgan fingerprint density at radius 1 is 1.02 bits per heavy atom. The number of sulfonamides is 1. The first-order chi connectivity index (χ1) is 18.9. The fourth-order valence-electron chi connectivity index (χ4n) is 4.80. The highest BCUT2D eigenvalue weighted by Gasteiger charge is 2.28. The first kappa shape index (κ1) is 30.6. The molecule has 1 aromatic heterocycles. The average molecular weight is 611 g/mol. The number of ether oxygens (including phenoxy) is 3. The number of nitrogens with zero attached hydrogens (tertiary/aromatic N) is 4. The van der Waals surface area contributed by atoms with Crippen molar-refractivity contribution in [1.82, 2.24) is 14.2 Å². The van der Waals surface area contributed by atoms with Crippen LogP contribution in [0.15, 0.2) is 41.3 Å². The molecule has 3 heterocycles. The van der Waals surface area contributed by atoms with Crippen LogP contribution >= 0.6 is 23.7 Å². The third-order valence-electron chi connectivity index (χ3n) is 7.06. The van der Waals surface area contributed by atoms with Crippen molar-refractivity contribution in [3.8, 4) is 5.75 Å². The molecule has 2 saturated heterocycles. The average Bonchev–Trinajstić information content (AvgIpc) is 3.42. The van der Waals surface area contributed by atoms with E-state index in [0.717, 1.165) is 55.0 Å². The molecule has 40 heavy (non-hydrogen) atoms. The second-order valence-electron chi connectivity index (χ2n) is 9.56. The van der Waals surface area contributed by atoms with Crippen LogP contribution in [-0.4, -0.2) is 101 Å². The van der Waals surface area contributed by atoms with E-state index in [4.69, 9.17) is 19.2 Å². The van der Waals surface area contributed by atoms with E-state index in [1.54, 1.807) is 24.1 Å². The lowest BCUT2D eigenvalue weighted by atomic mass is 10.2. The first-order valence-electron chi connectivity index (χ1n) is 13.1. The molecule has 0 N–H and O–H groups in total. The molecule has 2 aromatic carbocycles. The van der Waals surface area contributed by atoms with Crippen LogP contribution in [0.2, 0.25) is 0 Å². The minimum atomic E-state index is -3.64. The first-order valence-corrected chi connectivity index (χ1v) is 15.4. The second-order valence-corrected chi connectivity index (χ2v) is 12.5. The molecule has 0 atom stereocenters. The van der Waals surface area contributed by atoms with Crippen molar-refractivity contribution in [1.29, 1.82) is 0 Å². The molecule has 13 heteroatoms. The minimum Gasteiger partial charge on any atom is -0.494 e. The number of hydrogen-bond acceptors (Lipinski definition) is 9. The van der Waals surface area contributed by atoms with Crippen molar-refractivity contribution in [3.05, 3.63) is 47.5 Å². The van der Waals surface area contributed by atoms with Gasteiger partial charge >= 0.3 is 0 Å². The fourth-order valence-corrected chi connectivity index (χ4v) is 7.28. The largest absolute Gasteiger partial charge is 0.494 e. The maximum atomic E-state index is 13.9. The number of hydrogen-bond donors (Lipinski definition) is 0. The maximum Gasteiger partial charge on any atom is 0.260 e. The van der Waals surface area contributed by atoms with E-state index in [9.17, 15) is 13.2 Å². The van der Waals surface area contributed by atoms with Gasteiger partial charge < -0.3 is 14.2 Å². The highest BCUT2D eigenvalue weighted by Crippen LogP contribution is 2.37. The van der Waals surface area contributed by atoms with Gasteiger partial charge in [0.05, 0.1) is 43.1 Å². The number of morpholine rings is 2. The van der Waals surface area contributed by atoms with E-state index < -0.39 is 10.0 Å². The van der Waals surface area contributed by atoms with Crippen LogP contribution in [-0.2, 0) is 19.5 Å². The van der Waals surface area contributed by atoms with Gasteiger partial charge in [0.25, 0.3) is 5.91 Å². The van der Waals surface area contributed by atoms with Crippen LogP contribution in [0.1, 0.15) is 22.3 Å². The molecule has 0 radical (unpaired) electrons. The number of anilines is 1. The summed E-state index contributed by atoms with van der Waals surface area (Å²) >= 11 is 1.46.